The largest absolute Gasteiger partial charge is 0.573 e. The third-order valence-corrected chi connectivity index (χ3v) is 4.39. The number of benzene rings is 1. The van der Waals surface area contributed by atoms with Gasteiger partial charge in [0.25, 0.3) is 0 Å². The fourth-order valence-corrected chi connectivity index (χ4v) is 3.15. The molecular weight excluding hydrogens is 347 g/mol. The third-order valence-electron chi connectivity index (χ3n) is 4.39. The molecule has 3 aromatic rings. The molecule has 0 spiro atoms. The molecule has 1 aromatic carbocycles. The maximum atomic E-state index is 12.5. The Balaban J connectivity index is 1.71. The normalized spacial score (nSPS) is 16.1. The number of rotatable bonds is 3. The highest BCUT2D eigenvalue weighted by atomic mass is 19.4. The summed E-state index contributed by atoms with van der Waals surface area (Å²) in [6, 6.07) is 9.64. The lowest BCUT2D eigenvalue weighted by atomic mass is 9.96. The van der Waals surface area contributed by atoms with E-state index in [9.17, 15) is 13.2 Å². The number of alkyl halides is 3. The van der Waals surface area contributed by atoms with Gasteiger partial charge in [0.2, 0.25) is 0 Å². The van der Waals surface area contributed by atoms with E-state index in [1.807, 2.05) is 12.1 Å². The van der Waals surface area contributed by atoms with Crippen molar-refractivity contribution in [1.29, 1.82) is 0 Å². The zero-order valence-corrected chi connectivity index (χ0v) is 13.7. The van der Waals surface area contributed by atoms with Crippen LogP contribution in [0.3, 0.4) is 0 Å². The first-order valence-corrected chi connectivity index (χ1v) is 8.28. The van der Waals surface area contributed by atoms with Gasteiger partial charge in [-0.05, 0) is 37.1 Å². The number of hydrogen-bond acceptors (Lipinski definition) is 4. The van der Waals surface area contributed by atoms with Crippen LogP contribution < -0.4 is 4.74 Å². The smallest absolute Gasteiger partial charge is 0.406 e. The van der Waals surface area contributed by atoms with Gasteiger partial charge in [-0.15, -0.1) is 13.2 Å². The van der Waals surface area contributed by atoms with Gasteiger partial charge in [-0.3, -0.25) is 0 Å². The van der Waals surface area contributed by atoms with Gasteiger partial charge in [0.1, 0.15) is 5.75 Å². The lowest BCUT2D eigenvalue weighted by molar-refractivity contribution is -0.274. The quantitative estimate of drug-likeness (QED) is 0.700. The Morgan fingerprint density at radius 1 is 1.12 bits per heavy atom. The van der Waals surface area contributed by atoms with Crippen LogP contribution in [0.4, 0.5) is 13.2 Å². The molecule has 0 amide bonds. The fourth-order valence-electron chi connectivity index (χ4n) is 3.15. The fraction of sp³-hybridized carbons (Fsp3) is 0.333. The molecule has 3 heterocycles. The van der Waals surface area contributed by atoms with E-state index in [0.717, 1.165) is 18.5 Å². The van der Waals surface area contributed by atoms with E-state index in [4.69, 9.17) is 4.74 Å². The summed E-state index contributed by atoms with van der Waals surface area (Å²) in [4.78, 5) is 4.30. The molecule has 4 rings (SSSR count). The molecule has 0 N–H and O–H groups in total. The minimum absolute atomic E-state index is 0.273. The van der Waals surface area contributed by atoms with Crippen molar-refractivity contribution in [2.24, 2.45) is 0 Å². The summed E-state index contributed by atoms with van der Waals surface area (Å²) in [7, 11) is 0. The van der Waals surface area contributed by atoms with Gasteiger partial charge in [0.05, 0.1) is 17.6 Å². The molecule has 2 aromatic heterocycles. The lowest BCUT2D eigenvalue weighted by Crippen LogP contribution is -2.17. The molecule has 0 aliphatic carbocycles. The summed E-state index contributed by atoms with van der Waals surface area (Å²) in [6.45, 7) is 1.41. The molecule has 0 saturated carbocycles. The van der Waals surface area contributed by atoms with Crippen molar-refractivity contribution in [3.63, 3.8) is 0 Å². The number of fused-ring (bicyclic) bond motifs is 1. The minimum Gasteiger partial charge on any atom is -0.406 e. The van der Waals surface area contributed by atoms with Crippen molar-refractivity contribution in [3.8, 4) is 17.0 Å². The van der Waals surface area contributed by atoms with Crippen LogP contribution in [-0.2, 0) is 4.74 Å². The van der Waals surface area contributed by atoms with E-state index in [2.05, 4.69) is 14.8 Å². The summed E-state index contributed by atoms with van der Waals surface area (Å²) in [5.41, 5.74) is 2.73. The van der Waals surface area contributed by atoms with Crippen LogP contribution >= 0.6 is 0 Å². The van der Waals surface area contributed by atoms with Gasteiger partial charge in [0, 0.05) is 24.7 Å². The molecule has 0 bridgehead atoms. The van der Waals surface area contributed by atoms with Crippen molar-refractivity contribution >= 4 is 5.65 Å². The molecule has 8 heteroatoms. The molecule has 0 atom stereocenters. The Labute approximate surface area is 147 Å². The molecule has 5 nitrogen and oxygen atoms in total. The first-order chi connectivity index (χ1) is 12.5. The number of halogens is 3. The van der Waals surface area contributed by atoms with E-state index in [-0.39, 0.29) is 5.75 Å². The average molecular weight is 363 g/mol. The van der Waals surface area contributed by atoms with Gasteiger partial charge < -0.3 is 9.47 Å². The van der Waals surface area contributed by atoms with Crippen LogP contribution in [0, 0.1) is 0 Å². The van der Waals surface area contributed by atoms with Crippen molar-refractivity contribution < 1.29 is 22.6 Å². The third kappa shape index (κ3) is 3.50. The van der Waals surface area contributed by atoms with E-state index >= 15 is 0 Å². The van der Waals surface area contributed by atoms with Crippen molar-refractivity contribution in [3.05, 3.63) is 48.3 Å². The molecule has 0 radical (unpaired) electrons. The lowest BCUT2D eigenvalue weighted by Gasteiger charge is -2.21. The molecule has 136 valence electrons. The Bertz CT molecular complexity index is 917. The summed E-state index contributed by atoms with van der Waals surface area (Å²) in [6.07, 6.45) is -1.33. The molecule has 26 heavy (non-hydrogen) atoms. The molecule has 1 saturated heterocycles. The van der Waals surface area contributed by atoms with Gasteiger partial charge in [-0.25, -0.2) is 9.50 Å². The van der Waals surface area contributed by atoms with Crippen LogP contribution in [0.5, 0.6) is 5.75 Å². The molecule has 1 aliphatic rings. The van der Waals surface area contributed by atoms with E-state index in [1.165, 1.54) is 18.2 Å². The minimum atomic E-state index is -4.73. The van der Waals surface area contributed by atoms with Crippen LogP contribution in [0.1, 0.15) is 24.5 Å². The highest BCUT2D eigenvalue weighted by Crippen LogP contribution is 2.30. The molecule has 0 unspecified atom stereocenters. The Kier molecular flexibility index (Phi) is 4.28. The summed E-state index contributed by atoms with van der Waals surface area (Å²) in [5.74, 6) is 0.0360. The standard InChI is InChI=1S/C18H16F3N3O2/c19-18(20,21)26-14-3-1-2-13(10-14)16-11-22-17-5-4-15(23-24(16)17)12-6-8-25-9-7-12/h1-5,10-12H,6-9H2. The van der Waals surface area contributed by atoms with Crippen molar-refractivity contribution in [2.75, 3.05) is 13.2 Å². The first-order valence-electron chi connectivity index (χ1n) is 8.28. The number of aromatic nitrogens is 3. The topological polar surface area (TPSA) is 48.7 Å². The van der Waals surface area contributed by atoms with Crippen molar-refractivity contribution in [1.82, 2.24) is 14.6 Å². The van der Waals surface area contributed by atoms with Gasteiger partial charge in [-0.2, -0.15) is 5.10 Å². The Morgan fingerprint density at radius 3 is 2.69 bits per heavy atom. The maximum absolute atomic E-state index is 12.5. The van der Waals surface area contributed by atoms with Gasteiger partial charge >= 0.3 is 6.36 Å². The van der Waals surface area contributed by atoms with Crippen LogP contribution in [0.15, 0.2) is 42.6 Å². The predicted octanol–water partition coefficient (Wildman–Crippen LogP) is 4.19. The highest BCUT2D eigenvalue weighted by molar-refractivity contribution is 5.64. The molecule has 1 fully saturated rings. The Morgan fingerprint density at radius 2 is 1.92 bits per heavy atom. The second-order valence-electron chi connectivity index (χ2n) is 6.13. The zero-order chi connectivity index (χ0) is 18.1. The Hall–Kier alpha value is -2.61. The van der Waals surface area contributed by atoms with Crippen LogP contribution in [0.2, 0.25) is 0 Å². The van der Waals surface area contributed by atoms with Gasteiger partial charge in [-0.1, -0.05) is 12.1 Å². The number of ether oxygens (including phenoxy) is 2. The SMILES string of the molecule is FC(F)(F)Oc1cccc(-c2cnc3ccc(C4CCOCC4)nn23)c1. The van der Waals surface area contributed by atoms with E-state index in [1.54, 1.807) is 16.8 Å². The predicted molar refractivity (Wildman–Crippen MR) is 87.9 cm³/mol. The zero-order valence-electron chi connectivity index (χ0n) is 13.7. The highest BCUT2D eigenvalue weighted by Gasteiger charge is 2.31. The summed E-state index contributed by atoms with van der Waals surface area (Å²) in [5, 5.41) is 4.68. The monoisotopic (exact) mass is 363 g/mol. The first kappa shape index (κ1) is 16.8. The number of imidazole rings is 1. The van der Waals surface area contributed by atoms with Gasteiger partial charge in [0.15, 0.2) is 5.65 Å². The van der Waals surface area contributed by atoms with Crippen molar-refractivity contribution in [2.45, 2.75) is 25.1 Å². The molecule has 1 aliphatic heterocycles. The maximum Gasteiger partial charge on any atom is 0.573 e. The van der Waals surface area contributed by atoms with E-state index in [0.29, 0.717) is 36.0 Å². The second-order valence-corrected chi connectivity index (χ2v) is 6.13. The van der Waals surface area contributed by atoms with Crippen LogP contribution in [0.25, 0.3) is 16.9 Å². The number of hydrogen-bond donors (Lipinski definition) is 0. The van der Waals surface area contributed by atoms with Crippen LogP contribution in [-0.4, -0.2) is 34.2 Å². The second kappa shape index (κ2) is 6.60. The van der Waals surface area contributed by atoms with E-state index < -0.39 is 6.36 Å². The average Bonchev–Trinajstić information content (AvgIpc) is 3.04. The number of nitrogens with zero attached hydrogens (tertiary/aromatic N) is 3. The summed E-state index contributed by atoms with van der Waals surface area (Å²) >= 11 is 0. The summed E-state index contributed by atoms with van der Waals surface area (Å²) < 4.78 is 48.5. The molecular formula is C18H16F3N3O2.